The Kier molecular flexibility index (Phi) is 4.91. The van der Waals surface area contributed by atoms with Crippen LogP contribution in [0, 0.1) is 5.92 Å². The third-order valence-electron chi connectivity index (χ3n) is 2.79. The van der Waals surface area contributed by atoms with E-state index in [2.05, 4.69) is 4.74 Å². The van der Waals surface area contributed by atoms with Crippen LogP contribution in [0.15, 0.2) is 0 Å². The first-order chi connectivity index (χ1) is 8.76. The highest BCUT2D eigenvalue weighted by Gasteiger charge is 2.37. The van der Waals surface area contributed by atoms with Gasteiger partial charge in [0.1, 0.15) is 11.5 Å². The lowest BCUT2D eigenvalue weighted by Gasteiger charge is -2.26. The van der Waals surface area contributed by atoms with Crippen molar-refractivity contribution in [3.63, 3.8) is 0 Å². The quantitative estimate of drug-likeness (QED) is 0.536. The van der Waals surface area contributed by atoms with Gasteiger partial charge in [-0.3, -0.25) is 9.59 Å². The molecule has 0 aliphatic carbocycles. The molecule has 1 aliphatic heterocycles. The van der Waals surface area contributed by atoms with E-state index in [0.717, 1.165) is 4.90 Å². The summed E-state index contributed by atoms with van der Waals surface area (Å²) in [6, 6.07) is 0. The number of nitrogens with zero attached hydrogens (tertiary/aromatic N) is 1. The minimum Gasteiger partial charge on any atom is -0.468 e. The van der Waals surface area contributed by atoms with E-state index in [0.29, 0.717) is 19.3 Å². The molecule has 19 heavy (non-hydrogen) atoms. The van der Waals surface area contributed by atoms with Gasteiger partial charge in [-0.25, -0.2) is 9.69 Å². The summed E-state index contributed by atoms with van der Waals surface area (Å²) in [4.78, 5) is 36.7. The summed E-state index contributed by atoms with van der Waals surface area (Å²) >= 11 is 0. The molecule has 1 rings (SSSR count). The maximum Gasteiger partial charge on any atom is 0.417 e. The van der Waals surface area contributed by atoms with Gasteiger partial charge in [0.05, 0.1) is 7.11 Å². The van der Waals surface area contributed by atoms with Gasteiger partial charge in [-0.2, -0.15) is 0 Å². The molecule has 1 saturated heterocycles. The smallest absolute Gasteiger partial charge is 0.417 e. The van der Waals surface area contributed by atoms with Crippen LogP contribution in [0.2, 0.25) is 0 Å². The van der Waals surface area contributed by atoms with Crippen LogP contribution in [-0.4, -0.2) is 42.1 Å². The lowest BCUT2D eigenvalue weighted by molar-refractivity contribution is -0.152. The second kappa shape index (κ2) is 6.04. The fraction of sp³-hybridized carbons (Fsp3) is 0.769. The number of rotatable bonds is 1. The van der Waals surface area contributed by atoms with Gasteiger partial charge in [-0.1, -0.05) is 6.42 Å². The number of carbonyl (C=O) groups is 3. The molecule has 0 bridgehead atoms. The van der Waals surface area contributed by atoms with Gasteiger partial charge in [0.25, 0.3) is 0 Å². The SMILES string of the molecule is COC(=O)C1CCCCN(C(=O)OC(C)(C)C)C1=O. The Morgan fingerprint density at radius 3 is 2.42 bits per heavy atom. The average molecular weight is 271 g/mol. The molecule has 2 amide bonds. The first-order valence-electron chi connectivity index (χ1n) is 6.38. The largest absolute Gasteiger partial charge is 0.468 e. The zero-order valence-electron chi connectivity index (χ0n) is 11.9. The molecule has 0 saturated carbocycles. The van der Waals surface area contributed by atoms with E-state index in [9.17, 15) is 14.4 Å². The topological polar surface area (TPSA) is 72.9 Å². The average Bonchev–Trinajstić information content (AvgIpc) is 2.48. The van der Waals surface area contributed by atoms with Crippen molar-refractivity contribution >= 4 is 18.0 Å². The Morgan fingerprint density at radius 2 is 1.89 bits per heavy atom. The monoisotopic (exact) mass is 271 g/mol. The van der Waals surface area contributed by atoms with E-state index in [-0.39, 0.29) is 6.54 Å². The molecule has 6 heteroatoms. The molecule has 6 nitrogen and oxygen atoms in total. The van der Waals surface area contributed by atoms with Crippen molar-refractivity contribution in [3.05, 3.63) is 0 Å². The summed E-state index contributed by atoms with van der Waals surface area (Å²) in [6.45, 7) is 5.46. The summed E-state index contributed by atoms with van der Waals surface area (Å²) in [7, 11) is 1.23. The molecule has 1 unspecified atom stereocenters. The summed E-state index contributed by atoms with van der Waals surface area (Å²) in [5.41, 5.74) is -0.676. The van der Waals surface area contributed by atoms with Crippen molar-refractivity contribution in [2.75, 3.05) is 13.7 Å². The Morgan fingerprint density at radius 1 is 1.26 bits per heavy atom. The van der Waals surface area contributed by atoms with Crippen LogP contribution in [0.1, 0.15) is 40.0 Å². The molecule has 1 atom stereocenters. The van der Waals surface area contributed by atoms with Crippen molar-refractivity contribution in [2.45, 2.75) is 45.6 Å². The number of carbonyl (C=O) groups excluding carboxylic acids is 3. The molecule has 0 aromatic heterocycles. The fourth-order valence-electron chi connectivity index (χ4n) is 1.90. The van der Waals surface area contributed by atoms with Crippen molar-refractivity contribution in [3.8, 4) is 0 Å². The third kappa shape index (κ3) is 4.22. The van der Waals surface area contributed by atoms with Crippen LogP contribution in [0.4, 0.5) is 4.79 Å². The lowest BCUT2D eigenvalue weighted by atomic mass is 10.0. The van der Waals surface area contributed by atoms with Crippen LogP contribution in [-0.2, 0) is 19.1 Å². The number of hydrogen-bond donors (Lipinski definition) is 0. The van der Waals surface area contributed by atoms with Gasteiger partial charge in [0.15, 0.2) is 0 Å². The van der Waals surface area contributed by atoms with Crippen LogP contribution in [0.5, 0.6) is 0 Å². The number of ether oxygens (including phenoxy) is 2. The van der Waals surface area contributed by atoms with Gasteiger partial charge in [-0.05, 0) is 33.6 Å². The molecular formula is C13H21NO5. The molecule has 0 N–H and O–H groups in total. The molecule has 1 fully saturated rings. The summed E-state index contributed by atoms with van der Waals surface area (Å²) < 4.78 is 9.78. The van der Waals surface area contributed by atoms with Gasteiger partial charge >= 0.3 is 12.1 Å². The van der Waals surface area contributed by atoms with Crippen LogP contribution >= 0.6 is 0 Å². The summed E-state index contributed by atoms with van der Waals surface area (Å²) in [5.74, 6) is -2.03. The standard InChI is InChI=1S/C13H21NO5/c1-13(2,3)19-12(17)14-8-6-5-7-9(10(14)15)11(16)18-4/h9H,5-8H2,1-4H3. The van der Waals surface area contributed by atoms with E-state index in [1.807, 2.05) is 0 Å². The Hall–Kier alpha value is -1.59. The number of hydrogen-bond acceptors (Lipinski definition) is 5. The predicted molar refractivity (Wildman–Crippen MR) is 67.3 cm³/mol. The molecule has 1 heterocycles. The molecule has 0 spiro atoms. The molecule has 0 aromatic rings. The molecule has 0 radical (unpaired) electrons. The van der Waals surface area contributed by atoms with E-state index < -0.39 is 29.5 Å². The number of esters is 1. The van der Waals surface area contributed by atoms with Gasteiger partial charge in [-0.15, -0.1) is 0 Å². The highest BCUT2D eigenvalue weighted by atomic mass is 16.6. The minimum absolute atomic E-state index is 0.279. The second-order valence-electron chi connectivity index (χ2n) is 5.54. The van der Waals surface area contributed by atoms with Crippen molar-refractivity contribution in [2.24, 2.45) is 5.92 Å². The predicted octanol–water partition coefficient (Wildman–Crippen LogP) is 1.72. The summed E-state index contributed by atoms with van der Waals surface area (Å²) in [5, 5.41) is 0. The number of imide groups is 1. The van der Waals surface area contributed by atoms with Crippen molar-refractivity contribution in [1.82, 2.24) is 4.90 Å². The first-order valence-corrected chi connectivity index (χ1v) is 6.38. The zero-order valence-corrected chi connectivity index (χ0v) is 11.9. The maximum absolute atomic E-state index is 12.2. The third-order valence-corrected chi connectivity index (χ3v) is 2.79. The fourth-order valence-corrected chi connectivity index (χ4v) is 1.90. The minimum atomic E-state index is -0.903. The van der Waals surface area contributed by atoms with Crippen molar-refractivity contribution < 1.29 is 23.9 Å². The molecule has 108 valence electrons. The van der Waals surface area contributed by atoms with E-state index in [1.54, 1.807) is 20.8 Å². The second-order valence-corrected chi connectivity index (χ2v) is 5.54. The van der Waals surface area contributed by atoms with Gasteiger partial charge in [0.2, 0.25) is 5.91 Å². The van der Waals surface area contributed by atoms with Crippen molar-refractivity contribution in [1.29, 1.82) is 0 Å². The Balaban J connectivity index is 2.84. The first kappa shape index (κ1) is 15.5. The number of likely N-dealkylation sites (tertiary alicyclic amines) is 1. The molecular weight excluding hydrogens is 250 g/mol. The van der Waals surface area contributed by atoms with Gasteiger partial charge < -0.3 is 9.47 Å². The highest BCUT2D eigenvalue weighted by molar-refractivity contribution is 6.03. The van der Waals surface area contributed by atoms with E-state index >= 15 is 0 Å². The number of amides is 2. The Bertz CT molecular complexity index is 372. The Labute approximate surface area is 113 Å². The van der Waals surface area contributed by atoms with Crippen LogP contribution in [0.3, 0.4) is 0 Å². The van der Waals surface area contributed by atoms with Crippen LogP contribution in [0.25, 0.3) is 0 Å². The summed E-state index contributed by atoms with van der Waals surface area (Å²) in [6.07, 6.45) is 1.07. The van der Waals surface area contributed by atoms with E-state index in [1.165, 1.54) is 7.11 Å². The van der Waals surface area contributed by atoms with Crippen LogP contribution < -0.4 is 0 Å². The highest BCUT2D eigenvalue weighted by Crippen LogP contribution is 2.21. The molecule has 1 aliphatic rings. The maximum atomic E-state index is 12.2. The van der Waals surface area contributed by atoms with Gasteiger partial charge in [0, 0.05) is 6.54 Å². The zero-order chi connectivity index (χ0) is 14.6. The normalized spacial score (nSPS) is 20.7. The number of methoxy groups -OCH3 is 1. The van der Waals surface area contributed by atoms with E-state index in [4.69, 9.17) is 4.74 Å². The lowest BCUT2D eigenvalue weighted by Crippen LogP contribution is -2.44. The molecule has 0 aromatic carbocycles.